The average Bonchev–Trinajstić information content (AvgIpc) is 2.92. The molecule has 0 radical (unpaired) electrons. The van der Waals surface area contributed by atoms with Crippen molar-refractivity contribution in [2.45, 2.75) is 51.2 Å². The molecule has 3 N–H and O–H groups in total. The molecular weight excluding hydrogens is 248 g/mol. The third-order valence-electron chi connectivity index (χ3n) is 4.21. The van der Waals surface area contributed by atoms with E-state index in [0.717, 1.165) is 17.0 Å². The molecule has 4 nitrogen and oxygen atoms in total. The molecule has 0 amide bonds. The smallest absolute Gasteiger partial charge is 0.230 e. The Kier molecular flexibility index (Phi) is 2.79. The fraction of sp³-hybridized carbons (Fsp3) is 0.769. The van der Waals surface area contributed by atoms with Crippen molar-refractivity contribution in [3.05, 3.63) is 4.88 Å². The van der Waals surface area contributed by atoms with Crippen LogP contribution in [0.15, 0.2) is 0 Å². The van der Waals surface area contributed by atoms with Crippen LogP contribution < -0.4 is 5.32 Å². The van der Waals surface area contributed by atoms with Crippen LogP contribution in [0.1, 0.15) is 44.4 Å². The number of thiazole rings is 1. The van der Waals surface area contributed by atoms with E-state index in [4.69, 9.17) is 0 Å². The number of rotatable bonds is 3. The lowest BCUT2D eigenvalue weighted by Gasteiger charge is -2.22. The second-order valence-electron chi connectivity index (χ2n) is 6.16. The van der Waals surface area contributed by atoms with Gasteiger partial charge in [-0.25, -0.2) is 0 Å². The third kappa shape index (κ3) is 2.10. The monoisotopic (exact) mass is 268 g/mol. The molecule has 2 saturated carbocycles. The summed E-state index contributed by atoms with van der Waals surface area (Å²) in [6, 6.07) is 0.504. The predicted octanol–water partition coefficient (Wildman–Crippen LogP) is 2.68. The highest BCUT2D eigenvalue weighted by molar-refractivity contribution is 7.16. The maximum Gasteiger partial charge on any atom is 0.230 e. The summed E-state index contributed by atoms with van der Waals surface area (Å²) < 4.78 is 0. The van der Waals surface area contributed by atoms with Gasteiger partial charge in [0, 0.05) is 6.04 Å². The molecular formula is C13H20N2O2S. The molecule has 3 atom stereocenters. The first-order chi connectivity index (χ1) is 8.43. The van der Waals surface area contributed by atoms with Gasteiger partial charge in [-0.15, -0.1) is 0 Å². The first kappa shape index (κ1) is 12.2. The number of aromatic hydroxyl groups is 1. The number of nitrogens with zero attached hydrogens (tertiary/aromatic N) is 1. The number of hydrogen-bond donors (Lipinski definition) is 3. The molecule has 18 heavy (non-hydrogen) atoms. The van der Waals surface area contributed by atoms with Crippen molar-refractivity contribution in [2.24, 2.45) is 11.8 Å². The van der Waals surface area contributed by atoms with E-state index in [9.17, 15) is 10.2 Å². The van der Waals surface area contributed by atoms with Crippen LogP contribution in [-0.2, 0) is 5.60 Å². The minimum atomic E-state index is -1.03. The van der Waals surface area contributed by atoms with Crippen LogP contribution >= 0.6 is 11.3 Å². The first-order valence-corrected chi connectivity index (χ1v) is 7.44. The van der Waals surface area contributed by atoms with Gasteiger partial charge in [-0.05, 0) is 44.9 Å². The van der Waals surface area contributed by atoms with Crippen molar-refractivity contribution in [3.63, 3.8) is 0 Å². The standard InChI is InChI=1S/C13H20N2O2S/c1-13(2,17)10-11(16)15-12(18-10)14-9-6-7-3-4-8(9)5-7/h7-9,16-17H,3-6H2,1-2H3,(H,14,15)/t7-,8+,9?/m1/s1. The van der Waals surface area contributed by atoms with Gasteiger partial charge in [0.05, 0.1) is 5.60 Å². The molecule has 0 spiro atoms. The van der Waals surface area contributed by atoms with Gasteiger partial charge < -0.3 is 15.5 Å². The van der Waals surface area contributed by atoms with Crippen LogP contribution in [0.2, 0.25) is 0 Å². The van der Waals surface area contributed by atoms with Crippen LogP contribution in [0.3, 0.4) is 0 Å². The van der Waals surface area contributed by atoms with Gasteiger partial charge in [-0.2, -0.15) is 4.98 Å². The maximum absolute atomic E-state index is 9.93. The number of fused-ring (bicyclic) bond motifs is 2. The van der Waals surface area contributed by atoms with Crippen molar-refractivity contribution in [3.8, 4) is 5.88 Å². The molecule has 2 bridgehead atoms. The molecule has 2 aliphatic rings. The Balaban J connectivity index is 1.74. The van der Waals surface area contributed by atoms with Crippen molar-refractivity contribution in [2.75, 3.05) is 5.32 Å². The molecule has 1 heterocycles. The molecule has 0 saturated heterocycles. The highest BCUT2D eigenvalue weighted by Gasteiger charge is 2.40. The minimum Gasteiger partial charge on any atom is -0.492 e. The van der Waals surface area contributed by atoms with Gasteiger partial charge in [-0.1, -0.05) is 17.8 Å². The zero-order valence-electron chi connectivity index (χ0n) is 10.8. The van der Waals surface area contributed by atoms with Gasteiger partial charge in [0.15, 0.2) is 5.13 Å². The lowest BCUT2D eigenvalue weighted by molar-refractivity contribution is 0.0795. The van der Waals surface area contributed by atoms with Gasteiger partial charge in [-0.3, -0.25) is 0 Å². The number of anilines is 1. The summed E-state index contributed by atoms with van der Waals surface area (Å²) in [5.41, 5.74) is -1.03. The summed E-state index contributed by atoms with van der Waals surface area (Å²) in [7, 11) is 0. The van der Waals surface area contributed by atoms with Crippen molar-refractivity contribution in [1.29, 1.82) is 0 Å². The van der Waals surface area contributed by atoms with Gasteiger partial charge >= 0.3 is 0 Å². The molecule has 0 aromatic carbocycles. The van der Waals surface area contributed by atoms with Crippen LogP contribution in [0.5, 0.6) is 5.88 Å². The van der Waals surface area contributed by atoms with Gasteiger partial charge in [0.2, 0.25) is 5.88 Å². The number of hydrogen-bond acceptors (Lipinski definition) is 5. The number of aromatic nitrogens is 1. The van der Waals surface area contributed by atoms with E-state index >= 15 is 0 Å². The summed E-state index contributed by atoms with van der Waals surface area (Å²) >= 11 is 1.36. The second-order valence-corrected chi connectivity index (χ2v) is 7.16. The van der Waals surface area contributed by atoms with E-state index in [1.807, 2.05) is 0 Å². The van der Waals surface area contributed by atoms with Gasteiger partial charge in [0.25, 0.3) is 0 Å². The van der Waals surface area contributed by atoms with Crippen LogP contribution in [0, 0.1) is 11.8 Å². The Morgan fingerprint density at radius 1 is 1.33 bits per heavy atom. The van der Waals surface area contributed by atoms with Crippen LogP contribution in [-0.4, -0.2) is 21.2 Å². The summed E-state index contributed by atoms with van der Waals surface area (Å²) in [4.78, 5) is 4.66. The largest absolute Gasteiger partial charge is 0.492 e. The van der Waals surface area contributed by atoms with Crippen molar-refractivity contribution < 1.29 is 10.2 Å². The molecule has 1 aromatic rings. The Labute approximate surface area is 111 Å². The Morgan fingerprint density at radius 3 is 2.61 bits per heavy atom. The normalized spacial score (nSPS) is 30.9. The molecule has 3 rings (SSSR count). The zero-order chi connectivity index (χ0) is 12.9. The molecule has 2 aliphatic carbocycles. The summed E-state index contributed by atoms with van der Waals surface area (Å²) in [6.07, 6.45) is 5.26. The van der Waals surface area contributed by atoms with Gasteiger partial charge in [0.1, 0.15) is 4.88 Å². The molecule has 2 fully saturated rings. The maximum atomic E-state index is 9.93. The Bertz CT molecular complexity index is 452. The van der Waals surface area contributed by atoms with Crippen LogP contribution in [0.25, 0.3) is 0 Å². The fourth-order valence-corrected chi connectivity index (χ4v) is 4.27. The van der Waals surface area contributed by atoms with E-state index < -0.39 is 5.60 Å². The highest BCUT2D eigenvalue weighted by atomic mass is 32.1. The van der Waals surface area contributed by atoms with E-state index in [0.29, 0.717) is 10.9 Å². The molecule has 100 valence electrons. The quantitative estimate of drug-likeness (QED) is 0.788. The highest BCUT2D eigenvalue weighted by Crippen LogP contribution is 2.46. The Hall–Kier alpha value is -0.810. The van der Waals surface area contributed by atoms with E-state index in [2.05, 4.69) is 10.3 Å². The summed E-state index contributed by atoms with van der Waals surface area (Å²) in [5.74, 6) is 1.61. The fourth-order valence-electron chi connectivity index (χ4n) is 3.35. The Morgan fingerprint density at radius 2 is 2.11 bits per heavy atom. The number of nitrogens with one attached hydrogen (secondary N) is 1. The van der Waals surface area contributed by atoms with E-state index in [1.165, 1.54) is 37.0 Å². The third-order valence-corrected chi connectivity index (χ3v) is 5.50. The van der Waals surface area contributed by atoms with Crippen molar-refractivity contribution >= 4 is 16.5 Å². The van der Waals surface area contributed by atoms with Crippen molar-refractivity contribution in [1.82, 2.24) is 4.98 Å². The van der Waals surface area contributed by atoms with E-state index in [1.54, 1.807) is 13.8 Å². The van der Waals surface area contributed by atoms with Crippen LogP contribution in [0.4, 0.5) is 5.13 Å². The average molecular weight is 268 g/mol. The molecule has 0 aliphatic heterocycles. The second kappa shape index (κ2) is 4.10. The summed E-state index contributed by atoms with van der Waals surface area (Å²) in [6.45, 7) is 3.34. The molecule has 1 unspecified atom stereocenters. The first-order valence-electron chi connectivity index (χ1n) is 6.62. The van der Waals surface area contributed by atoms with E-state index in [-0.39, 0.29) is 5.88 Å². The number of aliphatic hydroxyl groups is 1. The predicted molar refractivity (Wildman–Crippen MR) is 71.9 cm³/mol. The SMILES string of the molecule is CC(C)(O)c1sc(NC2C[C@@H]3CC[C@H]2C3)nc1O. The molecule has 5 heteroatoms. The lowest BCUT2D eigenvalue weighted by Crippen LogP contribution is -2.25. The topological polar surface area (TPSA) is 65.4 Å². The molecule has 1 aromatic heterocycles. The zero-order valence-corrected chi connectivity index (χ0v) is 11.6. The lowest BCUT2D eigenvalue weighted by atomic mass is 9.96. The summed E-state index contributed by atoms with van der Waals surface area (Å²) in [5, 5.41) is 23.9. The minimum absolute atomic E-state index is 0.0434.